The molecule has 6 heteroatoms. The van der Waals surface area contributed by atoms with E-state index in [1.54, 1.807) is 0 Å². The molecule has 0 saturated heterocycles. The Balaban J connectivity index is 2.47. The van der Waals surface area contributed by atoms with Gasteiger partial charge in [0.1, 0.15) is 0 Å². The van der Waals surface area contributed by atoms with Gasteiger partial charge in [0.2, 0.25) is 0 Å². The molecule has 0 amide bonds. The largest absolute Gasteiger partial charge is 0.540 e. The number of esters is 1. The van der Waals surface area contributed by atoms with Crippen LogP contribution < -0.4 is 0 Å². The fourth-order valence-corrected chi connectivity index (χ4v) is 4.20. The van der Waals surface area contributed by atoms with Crippen LogP contribution in [0, 0.1) is 0 Å². The third-order valence-corrected chi connectivity index (χ3v) is 5.65. The summed E-state index contributed by atoms with van der Waals surface area (Å²) in [6.45, 7) is 7.01. The van der Waals surface area contributed by atoms with Gasteiger partial charge >= 0.3 is 14.8 Å². The van der Waals surface area contributed by atoms with Crippen LogP contribution in [-0.2, 0) is 29.2 Å². The minimum atomic E-state index is -2.91. The van der Waals surface area contributed by atoms with Gasteiger partial charge in [-0.15, -0.1) is 0 Å². The summed E-state index contributed by atoms with van der Waals surface area (Å²) in [5.41, 5.74) is 1.11. The van der Waals surface area contributed by atoms with Gasteiger partial charge in [-0.1, -0.05) is 30.3 Å². The standard InChI is InChI=1S/C16H26O5Si/c1-4-19-22(20-5-2,21-6-3)14-18-16(17)13-12-15-10-8-7-9-11-15/h7-11H,4-6,12-14H2,1-3H3. The van der Waals surface area contributed by atoms with E-state index in [0.29, 0.717) is 32.7 Å². The molecule has 0 N–H and O–H groups in total. The van der Waals surface area contributed by atoms with Crippen LogP contribution in [0.3, 0.4) is 0 Å². The van der Waals surface area contributed by atoms with Crippen molar-refractivity contribution in [1.82, 2.24) is 0 Å². The molecule has 5 nitrogen and oxygen atoms in total. The molecular weight excluding hydrogens is 300 g/mol. The third-order valence-electron chi connectivity index (χ3n) is 2.96. The number of carbonyl (C=O) groups excluding carboxylic acids is 1. The average Bonchev–Trinajstić information content (AvgIpc) is 2.53. The first kappa shape index (κ1) is 18.8. The molecule has 1 rings (SSSR count). The Kier molecular flexibility index (Phi) is 8.99. The van der Waals surface area contributed by atoms with Crippen LogP contribution in [0.2, 0.25) is 0 Å². The van der Waals surface area contributed by atoms with Crippen molar-refractivity contribution in [2.75, 3.05) is 26.1 Å². The van der Waals surface area contributed by atoms with Gasteiger partial charge in [0.25, 0.3) is 0 Å². The Morgan fingerprint density at radius 2 is 1.50 bits per heavy atom. The molecule has 22 heavy (non-hydrogen) atoms. The molecule has 0 aliphatic heterocycles. The molecule has 0 radical (unpaired) electrons. The summed E-state index contributed by atoms with van der Waals surface area (Å²) < 4.78 is 22.3. The number of hydrogen-bond acceptors (Lipinski definition) is 5. The molecule has 0 fully saturated rings. The summed E-state index contributed by atoms with van der Waals surface area (Å²) in [6, 6.07) is 9.85. The highest BCUT2D eigenvalue weighted by Crippen LogP contribution is 2.12. The minimum Gasteiger partial charge on any atom is -0.461 e. The summed E-state index contributed by atoms with van der Waals surface area (Å²) in [4.78, 5) is 11.9. The second-order valence-corrected chi connectivity index (χ2v) is 7.15. The van der Waals surface area contributed by atoms with Gasteiger partial charge in [0.05, 0.1) is 0 Å². The predicted molar refractivity (Wildman–Crippen MR) is 86.4 cm³/mol. The normalized spacial score (nSPS) is 11.4. The molecule has 0 atom stereocenters. The van der Waals surface area contributed by atoms with Crippen molar-refractivity contribution in [1.29, 1.82) is 0 Å². The lowest BCUT2D eigenvalue weighted by atomic mass is 10.1. The lowest BCUT2D eigenvalue weighted by molar-refractivity contribution is -0.143. The van der Waals surface area contributed by atoms with Crippen LogP contribution in [0.15, 0.2) is 30.3 Å². The summed E-state index contributed by atoms with van der Waals surface area (Å²) in [5.74, 6) is -0.264. The number of benzene rings is 1. The van der Waals surface area contributed by atoms with Crippen molar-refractivity contribution < 1.29 is 22.8 Å². The molecule has 0 bridgehead atoms. The number of carbonyl (C=O) groups is 1. The summed E-state index contributed by atoms with van der Waals surface area (Å²) in [6.07, 6.45) is 1.06. The van der Waals surface area contributed by atoms with Crippen molar-refractivity contribution in [2.45, 2.75) is 33.6 Å². The van der Waals surface area contributed by atoms with Crippen LogP contribution in [0.25, 0.3) is 0 Å². The zero-order chi connectivity index (χ0) is 16.3. The highest BCUT2D eigenvalue weighted by molar-refractivity contribution is 6.60. The van der Waals surface area contributed by atoms with Crippen LogP contribution in [0.5, 0.6) is 0 Å². The highest BCUT2D eigenvalue weighted by Gasteiger charge is 2.42. The Bertz CT molecular complexity index is 407. The van der Waals surface area contributed by atoms with E-state index in [-0.39, 0.29) is 12.2 Å². The number of rotatable bonds is 11. The van der Waals surface area contributed by atoms with Crippen molar-refractivity contribution in [2.24, 2.45) is 0 Å². The molecular formula is C16H26O5Si. The van der Waals surface area contributed by atoms with Crippen LogP contribution >= 0.6 is 0 Å². The maximum atomic E-state index is 11.9. The van der Waals surface area contributed by atoms with Gasteiger partial charge in [-0.05, 0) is 32.8 Å². The second kappa shape index (κ2) is 10.5. The first-order valence-corrected chi connectivity index (χ1v) is 9.70. The Hall–Kier alpha value is -1.21. The predicted octanol–water partition coefficient (Wildman–Crippen LogP) is 2.75. The van der Waals surface area contributed by atoms with E-state index in [9.17, 15) is 4.79 Å². The summed E-state index contributed by atoms with van der Waals surface area (Å²) in [7, 11) is -2.91. The van der Waals surface area contributed by atoms with Crippen molar-refractivity contribution >= 4 is 14.8 Å². The molecule has 0 heterocycles. The van der Waals surface area contributed by atoms with E-state index in [1.807, 2.05) is 51.1 Å². The molecule has 0 spiro atoms. The second-order valence-electron chi connectivity index (χ2n) is 4.63. The van der Waals surface area contributed by atoms with E-state index in [0.717, 1.165) is 5.56 Å². The SMILES string of the molecule is CCO[Si](COC(=O)CCc1ccccc1)(OCC)OCC. The first-order valence-electron chi connectivity index (χ1n) is 7.77. The molecule has 124 valence electrons. The molecule has 0 aliphatic rings. The average molecular weight is 326 g/mol. The summed E-state index contributed by atoms with van der Waals surface area (Å²) in [5, 5.41) is 0. The number of hydrogen-bond donors (Lipinski definition) is 0. The van der Waals surface area contributed by atoms with Crippen molar-refractivity contribution in [3.8, 4) is 0 Å². The van der Waals surface area contributed by atoms with Gasteiger partial charge in [-0.25, -0.2) is 0 Å². The lowest BCUT2D eigenvalue weighted by Gasteiger charge is -2.27. The molecule has 0 saturated carbocycles. The van der Waals surface area contributed by atoms with E-state index in [2.05, 4.69) is 0 Å². The fraction of sp³-hybridized carbons (Fsp3) is 0.562. The van der Waals surface area contributed by atoms with Gasteiger partial charge < -0.3 is 18.0 Å². The molecule has 0 unspecified atom stereocenters. The number of ether oxygens (including phenoxy) is 1. The maximum absolute atomic E-state index is 11.9. The minimum absolute atomic E-state index is 0.0656. The fourth-order valence-electron chi connectivity index (χ4n) is 2.04. The molecule has 1 aromatic rings. The Morgan fingerprint density at radius 1 is 0.955 bits per heavy atom. The Morgan fingerprint density at radius 3 is 2.00 bits per heavy atom. The van der Waals surface area contributed by atoms with E-state index in [1.165, 1.54) is 0 Å². The first-order chi connectivity index (χ1) is 10.7. The molecule has 0 aliphatic carbocycles. The lowest BCUT2D eigenvalue weighted by Crippen LogP contribution is -2.51. The third kappa shape index (κ3) is 6.70. The topological polar surface area (TPSA) is 54.0 Å². The number of aryl methyl sites for hydroxylation is 1. The summed E-state index contributed by atoms with van der Waals surface area (Å²) >= 11 is 0. The zero-order valence-corrected chi connectivity index (χ0v) is 14.7. The van der Waals surface area contributed by atoms with Crippen molar-refractivity contribution in [3.05, 3.63) is 35.9 Å². The van der Waals surface area contributed by atoms with Crippen LogP contribution in [0.1, 0.15) is 32.8 Å². The quantitative estimate of drug-likeness (QED) is 0.462. The van der Waals surface area contributed by atoms with E-state index >= 15 is 0 Å². The van der Waals surface area contributed by atoms with Gasteiger partial charge in [-0.3, -0.25) is 4.79 Å². The zero-order valence-electron chi connectivity index (χ0n) is 13.7. The van der Waals surface area contributed by atoms with E-state index in [4.69, 9.17) is 18.0 Å². The van der Waals surface area contributed by atoms with Gasteiger partial charge in [-0.2, -0.15) is 0 Å². The van der Waals surface area contributed by atoms with Crippen LogP contribution in [0.4, 0.5) is 0 Å². The van der Waals surface area contributed by atoms with Gasteiger partial charge in [0.15, 0.2) is 6.23 Å². The van der Waals surface area contributed by atoms with Gasteiger partial charge in [0, 0.05) is 26.2 Å². The monoisotopic (exact) mass is 326 g/mol. The highest BCUT2D eigenvalue weighted by atomic mass is 28.4. The molecule has 1 aromatic carbocycles. The smallest absolute Gasteiger partial charge is 0.461 e. The van der Waals surface area contributed by atoms with Crippen LogP contribution in [-0.4, -0.2) is 40.8 Å². The molecule has 0 aromatic heterocycles. The van der Waals surface area contributed by atoms with E-state index < -0.39 is 8.80 Å². The Labute approximate surface area is 133 Å². The maximum Gasteiger partial charge on any atom is 0.540 e. The van der Waals surface area contributed by atoms with Crippen molar-refractivity contribution in [3.63, 3.8) is 0 Å².